The summed E-state index contributed by atoms with van der Waals surface area (Å²) in [6.45, 7) is 2.34. The Morgan fingerprint density at radius 1 is 1.15 bits per heavy atom. The van der Waals surface area contributed by atoms with Crippen molar-refractivity contribution in [3.63, 3.8) is 0 Å². The molecule has 2 aromatic carbocycles. The molecule has 3 nitrogen and oxygen atoms in total. The van der Waals surface area contributed by atoms with Crippen LogP contribution in [-0.2, 0) is 0 Å². The number of ether oxygens (including phenoxy) is 1. The summed E-state index contributed by atoms with van der Waals surface area (Å²) in [5.74, 6) is 1.77. The molecule has 0 unspecified atom stereocenters. The van der Waals surface area contributed by atoms with Gasteiger partial charge in [0.05, 0.1) is 11.8 Å². The highest BCUT2D eigenvalue weighted by Gasteiger charge is 2.51. The Hall–Kier alpha value is -1.52. The molecule has 0 bridgehead atoms. The molecule has 1 fully saturated rings. The molecule has 0 aromatic heterocycles. The molecule has 27 heavy (non-hydrogen) atoms. The summed E-state index contributed by atoms with van der Waals surface area (Å²) in [6.07, 6.45) is 5.31. The molecule has 0 radical (unpaired) electrons. The number of hydrogen-bond acceptors (Lipinski definition) is 3. The minimum Gasteiger partial charge on any atom is -0.466 e. The highest BCUT2D eigenvalue weighted by molar-refractivity contribution is 9.10. The zero-order chi connectivity index (χ0) is 18.6. The van der Waals surface area contributed by atoms with Gasteiger partial charge in [-0.1, -0.05) is 46.6 Å². The lowest BCUT2D eigenvalue weighted by atomic mass is 9.82. The van der Waals surface area contributed by atoms with Crippen molar-refractivity contribution in [1.82, 2.24) is 5.01 Å². The first-order valence-electron chi connectivity index (χ1n) is 9.65. The van der Waals surface area contributed by atoms with Gasteiger partial charge in [0.15, 0.2) is 5.72 Å². The summed E-state index contributed by atoms with van der Waals surface area (Å²) in [5.41, 5.74) is 3.17. The van der Waals surface area contributed by atoms with Gasteiger partial charge in [0.1, 0.15) is 5.75 Å². The number of hydrogen-bond donors (Lipinski definition) is 0. The molecule has 2 aliphatic heterocycles. The third kappa shape index (κ3) is 2.98. The molecule has 2 aromatic rings. The average molecular weight is 446 g/mol. The van der Waals surface area contributed by atoms with Crippen LogP contribution in [-0.4, -0.2) is 16.4 Å². The van der Waals surface area contributed by atoms with E-state index in [1.54, 1.807) is 0 Å². The van der Waals surface area contributed by atoms with Crippen LogP contribution in [0.4, 0.5) is 0 Å². The molecule has 5 heteroatoms. The minimum atomic E-state index is -0.313. The fourth-order valence-electron chi connectivity index (χ4n) is 4.61. The molecule has 140 valence electrons. The fraction of sp³-hybridized carbons (Fsp3) is 0.409. The van der Waals surface area contributed by atoms with Crippen LogP contribution < -0.4 is 4.74 Å². The van der Waals surface area contributed by atoms with E-state index >= 15 is 0 Å². The Balaban J connectivity index is 1.58. The number of hydrazone groups is 1. The molecule has 1 spiro atoms. The van der Waals surface area contributed by atoms with Gasteiger partial charge in [0, 0.05) is 34.3 Å². The topological polar surface area (TPSA) is 24.8 Å². The molecule has 2 heterocycles. The van der Waals surface area contributed by atoms with Crippen molar-refractivity contribution in [2.75, 3.05) is 0 Å². The van der Waals surface area contributed by atoms with Crippen molar-refractivity contribution in [3.8, 4) is 5.75 Å². The number of halogens is 2. The van der Waals surface area contributed by atoms with Crippen LogP contribution in [0.1, 0.15) is 56.2 Å². The van der Waals surface area contributed by atoms with Crippen molar-refractivity contribution in [2.45, 2.75) is 50.8 Å². The van der Waals surface area contributed by atoms with E-state index in [9.17, 15) is 0 Å². The van der Waals surface area contributed by atoms with Gasteiger partial charge in [-0.15, -0.1) is 0 Å². The standard InChI is InChI=1S/C22H22BrClN2O/c1-14-8-10-22(11-9-14)26-20(18-12-16(23)4-7-21(18)27-22)13-19(25-26)15-2-5-17(24)6-3-15/h2-7,12,14,20H,8-11,13H2,1H3/t14?,20-,22?/m0/s1. The lowest BCUT2D eigenvalue weighted by Gasteiger charge is -2.50. The molecular weight excluding hydrogens is 424 g/mol. The Kier molecular flexibility index (Phi) is 4.25. The largest absolute Gasteiger partial charge is 0.466 e. The predicted molar refractivity (Wildman–Crippen MR) is 112 cm³/mol. The van der Waals surface area contributed by atoms with Gasteiger partial charge >= 0.3 is 0 Å². The van der Waals surface area contributed by atoms with Crippen LogP contribution in [0.15, 0.2) is 52.0 Å². The quantitative estimate of drug-likeness (QED) is 0.497. The molecule has 1 atom stereocenters. The van der Waals surface area contributed by atoms with Crippen molar-refractivity contribution < 1.29 is 4.74 Å². The lowest BCUT2D eigenvalue weighted by molar-refractivity contribution is -0.145. The van der Waals surface area contributed by atoms with Crippen LogP contribution in [0.2, 0.25) is 5.02 Å². The Bertz CT molecular complexity index is 903. The zero-order valence-electron chi connectivity index (χ0n) is 15.3. The molecule has 3 aliphatic rings. The van der Waals surface area contributed by atoms with Gasteiger partial charge < -0.3 is 4.74 Å². The summed E-state index contributed by atoms with van der Waals surface area (Å²) in [5, 5.41) is 8.14. The fourth-order valence-corrected chi connectivity index (χ4v) is 5.12. The lowest BCUT2D eigenvalue weighted by Crippen LogP contribution is -2.55. The zero-order valence-corrected chi connectivity index (χ0v) is 17.6. The number of benzene rings is 2. The van der Waals surface area contributed by atoms with Gasteiger partial charge in [0.25, 0.3) is 0 Å². The van der Waals surface area contributed by atoms with Gasteiger partial charge in [-0.3, -0.25) is 0 Å². The van der Waals surface area contributed by atoms with Crippen LogP contribution >= 0.6 is 27.5 Å². The van der Waals surface area contributed by atoms with Crippen LogP contribution in [0, 0.1) is 5.92 Å². The van der Waals surface area contributed by atoms with Crippen LogP contribution in [0.5, 0.6) is 5.75 Å². The van der Waals surface area contributed by atoms with E-state index in [1.807, 2.05) is 12.1 Å². The maximum absolute atomic E-state index is 6.66. The number of fused-ring (bicyclic) bond motifs is 4. The van der Waals surface area contributed by atoms with Crippen molar-refractivity contribution in [3.05, 3.63) is 63.1 Å². The Morgan fingerprint density at radius 3 is 2.63 bits per heavy atom. The van der Waals surface area contributed by atoms with Crippen LogP contribution in [0.25, 0.3) is 0 Å². The predicted octanol–water partition coefficient (Wildman–Crippen LogP) is 6.55. The van der Waals surface area contributed by atoms with Crippen LogP contribution in [0.3, 0.4) is 0 Å². The summed E-state index contributed by atoms with van der Waals surface area (Å²) >= 11 is 9.70. The Labute approximate surface area is 173 Å². The highest BCUT2D eigenvalue weighted by atomic mass is 79.9. The van der Waals surface area contributed by atoms with Crippen molar-refractivity contribution in [1.29, 1.82) is 0 Å². The van der Waals surface area contributed by atoms with Crippen molar-refractivity contribution >= 4 is 33.2 Å². The van der Waals surface area contributed by atoms with Gasteiger partial charge in [-0.2, -0.15) is 5.10 Å². The normalized spacial score (nSPS) is 29.1. The molecule has 5 rings (SSSR count). The number of nitrogens with zero attached hydrogens (tertiary/aromatic N) is 2. The highest BCUT2D eigenvalue weighted by Crippen LogP contribution is 2.52. The summed E-state index contributed by atoms with van der Waals surface area (Å²) in [4.78, 5) is 0. The molecule has 0 saturated heterocycles. The van der Waals surface area contributed by atoms with Gasteiger partial charge in [0.2, 0.25) is 0 Å². The first-order chi connectivity index (χ1) is 13.0. The van der Waals surface area contributed by atoms with E-state index in [4.69, 9.17) is 21.4 Å². The SMILES string of the molecule is CC1CCC2(CC1)Oc1ccc(Br)cc1[C@@H]1CC(c3ccc(Cl)cc3)=NN12. The van der Waals surface area contributed by atoms with E-state index in [-0.39, 0.29) is 11.8 Å². The monoisotopic (exact) mass is 444 g/mol. The second-order valence-corrected chi connectivity index (χ2v) is 9.38. The third-order valence-electron chi connectivity index (χ3n) is 6.19. The molecule has 1 aliphatic carbocycles. The molecular formula is C22H22BrClN2O. The van der Waals surface area contributed by atoms with E-state index in [0.29, 0.717) is 0 Å². The van der Waals surface area contributed by atoms with Crippen molar-refractivity contribution in [2.24, 2.45) is 11.0 Å². The second kappa shape index (κ2) is 6.52. The average Bonchev–Trinajstić information content (AvgIpc) is 3.12. The minimum absolute atomic E-state index is 0.227. The summed E-state index contributed by atoms with van der Waals surface area (Å²) < 4.78 is 7.74. The van der Waals surface area contributed by atoms with E-state index in [2.05, 4.69) is 58.2 Å². The number of rotatable bonds is 1. The van der Waals surface area contributed by atoms with E-state index in [1.165, 1.54) is 18.4 Å². The first-order valence-corrected chi connectivity index (χ1v) is 10.8. The van der Waals surface area contributed by atoms with E-state index in [0.717, 1.165) is 51.7 Å². The maximum Gasteiger partial charge on any atom is 0.198 e. The molecule has 1 saturated carbocycles. The van der Waals surface area contributed by atoms with E-state index < -0.39 is 0 Å². The summed E-state index contributed by atoms with van der Waals surface area (Å²) in [6, 6.07) is 14.6. The molecule has 0 amide bonds. The van der Waals surface area contributed by atoms with Gasteiger partial charge in [-0.05, 0) is 54.7 Å². The summed E-state index contributed by atoms with van der Waals surface area (Å²) in [7, 11) is 0. The Morgan fingerprint density at radius 2 is 1.89 bits per heavy atom. The smallest absolute Gasteiger partial charge is 0.198 e. The first kappa shape index (κ1) is 17.6. The van der Waals surface area contributed by atoms with Gasteiger partial charge in [-0.25, -0.2) is 5.01 Å². The second-order valence-electron chi connectivity index (χ2n) is 8.03. The maximum atomic E-state index is 6.66. The third-order valence-corrected chi connectivity index (χ3v) is 6.94. The molecule has 0 N–H and O–H groups in total.